The van der Waals surface area contributed by atoms with Crippen molar-refractivity contribution < 1.29 is 9.53 Å². The Labute approximate surface area is 169 Å². The van der Waals surface area contributed by atoms with Crippen LogP contribution in [0.15, 0.2) is 29.3 Å². The van der Waals surface area contributed by atoms with Crippen LogP contribution in [0.3, 0.4) is 0 Å². The third kappa shape index (κ3) is 7.06. The highest BCUT2D eigenvalue weighted by atomic mass is 16.5. The first-order valence-electron chi connectivity index (χ1n) is 10.4. The van der Waals surface area contributed by atoms with E-state index >= 15 is 0 Å². The Morgan fingerprint density at radius 1 is 1.29 bits per heavy atom. The molecule has 0 saturated carbocycles. The number of methoxy groups -OCH3 is 1. The minimum absolute atomic E-state index is 0.239. The number of rotatable bonds is 8. The van der Waals surface area contributed by atoms with Crippen LogP contribution >= 0.6 is 0 Å². The fourth-order valence-electron chi connectivity index (χ4n) is 3.59. The van der Waals surface area contributed by atoms with Crippen molar-refractivity contribution in [1.29, 1.82) is 0 Å². The monoisotopic (exact) mass is 388 g/mol. The zero-order valence-electron chi connectivity index (χ0n) is 17.8. The number of piperidine rings is 1. The number of aliphatic imine (C=N–C) groups is 1. The number of hydrogen-bond acceptors (Lipinski definition) is 3. The molecule has 2 N–H and O–H groups in total. The number of hydrogen-bond donors (Lipinski definition) is 2. The van der Waals surface area contributed by atoms with E-state index in [1.165, 1.54) is 12.0 Å². The summed E-state index contributed by atoms with van der Waals surface area (Å²) in [6, 6.07) is 8.23. The Morgan fingerprint density at radius 3 is 2.64 bits per heavy atom. The largest absolute Gasteiger partial charge is 0.497 e. The molecule has 0 aromatic heterocycles. The number of carbonyl (C=O) groups excluding carboxylic acids is 1. The molecule has 6 heteroatoms. The number of benzene rings is 1. The Morgan fingerprint density at radius 2 is 2.00 bits per heavy atom. The van der Waals surface area contributed by atoms with Gasteiger partial charge < -0.3 is 20.3 Å². The van der Waals surface area contributed by atoms with Gasteiger partial charge in [0, 0.05) is 39.6 Å². The quantitative estimate of drug-likeness (QED) is 0.531. The molecule has 28 heavy (non-hydrogen) atoms. The molecular weight excluding hydrogens is 352 g/mol. The molecule has 1 saturated heterocycles. The summed E-state index contributed by atoms with van der Waals surface area (Å²) in [5.74, 6) is 2.93. The van der Waals surface area contributed by atoms with Crippen LogP contribution in [-0.2, 0) is 4.79 Å². The summed E-state index contributed by atoms with van der Waals surface area (Å²) in [7, 11) is 3.44. The lowest BCUT2D eigenvalue weighted by Crippen LogP contribution is -2.42. The summed E-state index contributed by atoms with van der Waals surface area (Å²) in [5, 5.41) is 6.60. The molecular formula is C22H36N4O2. The van der Waals surface area contributed by atoms with Gasteiger partial charge in [-0.15, -0.1) is 0 Å². The maximum atomic E-state index is 12.3. The number of nitrogens with zero attached hydrogens (tertiary/aromatic N) is 2. The average molecular weight is 389 g/mol. The SMILES string of the molecule is CN=C(NCCC(=O)N1CCCC(C)C1)NCCC(C)c1ccc(OC)cc1. The molecule has 0 bridgehead atoms. The van der Waals surface area contributed by atoms with E-state index in [9.17, 15) is 4.79 Å². The van der Waals surface area contributed by atoms with Gasteiger partial charge in [0.2, 0.25) is 5.91 Å². The molecule has 1 heterocycles. The summed E-state index contributed by atoms with van der Waals surface area (Å²) < 4.78 is 5.21. The molecule has 2 atom stereocenters. The smallest absolute Gasteiger partial charge is 0.224 e. The topological polar surface area (TPSA) is 66.0 Å². The highest BCUT2D eigenvalue weighted by Crippen LogP contribution is 2.21. The third-order valence-electron chi connectivity index (χ3n) is 5.42. The average Bonchev–Trinajstić information content (AvgIpc) is 2.72. The number of likely N-dealkylation sites (tertiary alicyclic amines) is 1. The molecule has 2 rings (SSSR count). The fourth-order valence-corrected chi connectivity index (χ4v) is 3.59. The summed E-state index contributed by atoms with van der Waals surface area (Å²) in [5.41, 5.74) is 1.30. The molecule has 156 valence electrons. The minimum Gasteiger partial charge on any atom is -0.497 e. The lowest BCUT2D eigenvalue weighted by atomic mass is 9.98. The lowest BCUT2D eigenvalue weighted by Gasteiger charge is -2.31. The first-order valence-corrected chi connectivity index (χ1v) is 10.4. The molecule has 1 aromatic rings. The van der Waals surface area contributed by atoms with Crippen molar-refractivity contribution in [1.82, 2.24) is 15.5 Å². The maximum Gasteiger partial charge on any atom is 0.224 e. The summed E-state index contributed by atoms with van der Waals surface area (Å²) in [4.78, 5) is 18.6. The van der Waals surface area contributed by atoms with Crippen LogP contribution < -0.4 is 15.4 Å². The zero-order chi connectivity index (χ0) is 20.4. The molecule has 1 aliphatic heterocycles. The summed E-state index contributed by atoms with van der Waals surface area (Å²) in [6.45, 7) is 7.67. The van der Waals surface area contributed by atoms with Gasteiger partial charge in [0.25, 0.3) is 0 Å². The van der Waals surface area contributed by atoms with Crippen molar-refractivity contribution in [2.45, 2.75) is 45.4 Å². The fraction of sp³-hybridized carbons (Fsp3) is 0.636. The van der Waals surface area contributed by atoms with E-state index in [0.29, 0.717) is 24.8 Å². The van der Waals surface area contributed by atoms with Crippen molar-refractivity contribution in [2.75, 3.05) is 40.3 Å². The highest BCUT2D eigenvalue weighted by Gasteiger charge is 2.20. The molecule has 6 nitrogen and oxygen atoms in total. The second-order valence-electron chi connectivity index (χ2n) is 7.73. The van der Waals surface area contributed by atoms with E-state index in [0.717, 1.165) is 44.2 Å². The van der Waals surface area contributed by atoms with Crippen molar-refractivity contribution in [3.05, 3.63) is 29.8 Å². The Balaban J connectivity index is 1.66. The van der Waals surface area contributed by atoms with Crippen molar-refractivity contribution in [2.24, 2.45) is 10.9 Å². The molecule has 1 amide bonds. The number of amides is 1. The van der Waals surface area contributed by atoms with E-state index in [4.69, 9.17) is 4.74 Å². The predicted octanol–water partition coefficient (Wildman–Crippen LogP) is 3.00. The molecule has 0 spiro atoms. The van der Waals surface area contributed by atoms with E-state index in [1.54, 1.807) is 14.2 Å². The van der Waals surface area contributed by atoms with Crippen LogP contribution in [-0.4, -0.2) is 57.1 Å². The molecule has 1 aliphatic rings. The summed E-state index contributed by atoms with van der Waals surface area (Å²) in [6.07, 6.45) is 3.86. The van der Waals surface area contributed by atoms with E-state index in [1.807, 2.05) is 17.0 Å². The van der Waals surface area contributed by atoms with Crippen LogP contribution in [0.5, 0.6) is 5.75 Å². The van der Waals surface area contributed by atoms with Gasteiger partial charge in [0.15, 0.2) is 5.96 Å². The first-order chi connectivity index (χ1) is 13.5. The van der Waals surface area contributed by atoms with Crippen LogP contribution in [0.4, 0.5) is 0 Å². The van der Waals surface area contributed by atoms with E-state index in [2.05, 4.69) is 41.6 Å². The van der Waals surface area contributed by atoms with E-state index in [-0.39, 0.29) is 5.91 Å². The van der Waals surface area contributed by atoms with Gasteiger partial charge in [0.1, 0.15) is 5.75 Å². The third-order valence-corrected chi connectivity index (χ3v) is 5.42. The van der Waals surface area contributed by atoms with Gasteiger partial charge >= 0.3 is 0 Å². The number of nitrogens with one attached hydrogen (secondary N) is 2. The number of guanidine groups is 1. The second-order valence-corrected chi connectivity index (χ2v) is 7.73. The Hall–Kier alpha value is -2.24. The zero-order valence-corrected chi connectivity index (χ0v) is 17.8. The molecule has 2 unspecified atom stereocenters. The van der Waals surface area contributed by atoms with Gasteiger partial charge in [-0.1, -0.05) is 26.0 Å². The van der Waals surface area contributed by atoms with Crippen LogP contribution in [0.2, 0.25) is 0 Å². The van der Waals surface area contributed by atoms with Crippen LogP contribution in [0.25, 0.3) is 0 Å². The predicted molar refractivity (Wildman–Crippen MR) is 115 cm³/mol. The van der Waals surface area contributed by atoms with Gasteiger partial charge in [-0.3, -0.25) is 9.79 Å². The van der Waals surface area contributed by atoms with Gasteiger partial charge in [-0.25, -0.2) is 0 Å². The first kappa shape index (κ1) is 22.1. The number of ether oxygens (including phenoxy) is 1. The molecule has 1 aromatic carbocycles. The van der Waals surface area contributed by atoms with Crippen molar-refractivity contribution >= 4 is 11.9 Å². The van der Waals surface area contributed by atoms with Gasteiger partial charge in [-0.2, -0.15) is 0 Å². The second kappa shape index (κ2) is 11.6. The standard InChI is InChI=1S/C22H36N4O2/c1-17-6-5-15-26(16-17)21(27)12-14-25-22(23-3)24-13-11-18(2)19-7-9-20(28-4)10-8-19/h7-10,17-18H,5-6,11-16H2,1-4H3,(H2,23,24,25). The van der Waals surface area contributed by atoms with E-state index < -0.39 is 0 Å². The lowest BCUT2D eigenvalue weighted by molar-refractivity contribution is -0.132. The van der Waals surface area contributed by atoms with Crippen molar-refractivity contribution in [3.8, 4) is 5.75 Å². The maximum absolute atomic E-state index is 12.3. The number of carbonyl (C=O) groups is 1. The Bertz CT molecular complexity index is 630. The molecule has 0 aliphatic carbocycles. The molecule has 0 radical (unpaired) electrons. The Kier molecular flexibility index (Phi) is 9.11. The van der Waals surface area contributed by atoms with Gasteiger partial charge in [0.05, 0.1) is 7.11 Å². The van der Waals surface area contributed by atoms with Gasteiger partial charge in [-0.05, 0) is 48.8 Å². The highest BCUT2D eigenvalue weighted by molar-refractivity contribution is 5.81. The minimum atomic E-state index is 0.239. The van der Waals surface area contributed by atoms with Crippen LogP contribution in [0.1, 0.15) is 51.0 Å². The van der Waals surface area contributed by atoms with Crippen molar-refractivity contribution in [3.63, 3.8) is 0 Å². The summed E-state index contributed by atoms with van der Waals surface area (Å²) >= 11 is 0. The normalized spacial score (nSPS) is 18.5. The molecule has 1 fully saturated rings. The van der Waals surface area contributed by atoms with Crippen LogP contribution in [0, 0.1) is 5.92 Å².